The molecule has 0 radical (unpaired) electrons. The van der Waals surface area contributed by atoms with Crippen LogP contribution < -0.4 is 5.32 Å². The van der Waals surface area contributed by atoms with E-state index in [1.54, 1.807) is 11.3 Å². The van der Waals surface area contributed by atoms with Crippen molar-refractivity contribution in [3.8, 4) is 0 Å². The molecule has 0 aliphatic carbocycles. The Bertz CT molecular complexity index is 297. The number of nitrogens with one attached hydrogen (secondary N) is 1. The Labute approximate surface area is 94.5 Å². The van der Waals surface area contributed by atoms with Crippen molar-refractivity contribution >= 4 is 22.9 Å². The molecule has 0 aromatic carbocycles. The minimum absolute atomic E-state index is 0.657. The summed E-state index contributed by atoms with van der Waals surface area (Å²) in [6.45, 7) is 3.51. The molecule has 0 amide bonds. The molecule has 0 bridgehead atoms. The molecule has 1 N–H and O–H groups in total. The van der Waals surface area contributed by atoms with Crippen molar-refractivity contribution in [2.24, 2.45) is 5.92 Å². The lowest BCUT2D eigenvalue weighted by atomic mass is 9.91. The summed E-state index contributed by atoms with van der Waals surface area (Å²) in [7, 11) is 0. The number of hydrogen-bond acceptors (Lipinski definition) is 2. The molecule has 0 saturated carbocycles. The molecule has 1 aromatic heterocycles. The molecule has 3 heteroatoms. The summed E-state index contributed by atoms with van der Waals surface area (Å²) < 4.78 is 0.906. The van der Waals surface area contributed by atoms with E-state index in [4.69, 9.17) is 11.6 Å². The third kappa shape index (κ3) is 2.72. The van der Waals surface area contributed by atoms with Crippen molar-refractivity contribution < 1.29 is 0 Å². The van der Waals surface area contributed by atoms with Crippen LogP contribution in [-0.2, 0) is 6.42 Å². The Kier molecular flexibility index (Phi) is 3.47. The molecule has 1 fully saturated rings. The maximum Gasteiger partial charge on any atom is 0.0931 e. The van der Waals surface area contributed by atoms with Crippen molar-refractivity contribution in [1.82, 2.24) is 5.32 Å². The van der Waals surface area contributed by atoms with Gasteiger partial charge in [0.1, 0.15) is 0 Å². The Balaban J connectivity index is 1.90. The topological polar surface area (TPSA) is 12.0 Å². The number of hydrogen-bond donors (Lipinski definition) is 1. The molecule has 1 aliphatic heterocycles. The first-order chi connectivity index (χ1) is 6.74. The van der Waals surface area contributed by atoms with E-state index in [1.807, 2.05) is 0 Å². The van der Waals surface area contributed by atoms with Gasteiger partial charge in [0.2, 0.25) is 0 Å². The van der Waals surface area contributed by atoms with Gasteiger partial charge in [-0.3, -0.25) is 0 Å². The summed E-state index contributed by atoms with van der Waals surface area (Å²) in [5.41, 5.74) is 1.38. The van der Waals surface area contributed by atoms with E-state index in [9.17, 15) is 0 Å². The lowest BCUT2D eigenvalue weighted by Gasteiger charge is -2.27. The van der Waals surface area contributed by atoms with Crippen LogP contribution >= 0.6 is 22.9 Å². The van der Waals surface area contributed by atoms with Crippen LogP contribution in [-0.4, -0.2) is 12.6 Å². The molecule has 1 aliphatic rings. The summed E-state index contributed by atoms with van der Waals surface area (Å²) in [6.07, 6.45) is 3.75. The quantitative estimate of drug-likeness (QED) is 0.821. The zero-order chi connectivity index (χ0) is 9.97. The largest absolute Gasteiger partial charge is 0.314 e. The first-order valence-corrected chi connectivity index (χ1v) is 6.46. The Morgan fingerprint density at radius 1 is 1.64 bits per heavy atom. The highest BCUT2D eigenvalue weighted by molar-refractivity contribution is 7.14. The smallest absolute Gasteiger partial charge is 0.0931 e. The third-order valence-corrected chi connectivity index (χ3v) is 4.00. The van der Waals surface area contributed by atoms with Crippen LogP contribution in [0.25, 0.3) is 0 Å². The molecule has 14 heavy (non-hydrogen) atoms. The molecule has 2 heterocycles. The van der Waals surface area contributed by atoms with Crippen LogP contribution in [0.1, 0.15) is 25.3 Å². The van der Waals surface area contributed by atoms with Gasteiger partial charge in [0, 0.05) is 6.04 Å². The van der Waals surface area contributed by atoms with Crippen LogP contribution in [0.5, 0.6) is 0 Å². The van der Waals surface area contributed by atoms with Gasteiger partial charge in [0.25, 0.3) is 0 Å². The number of piperidine rings is 1. The average Bonchev–Trinajstić information content (AvgIpc) is 2.51. The van der Waals surface area contributed by atoms with Crippen molar-refractivity contribution in [2.45, 2.75) is 32.2 Å². The van der Waals surface area contributed by atoms with Gasteiger partial charge in [-0.15, -0.1) is 11.3 Å². The SMILES string of the molecule is CC1CCNC(Cc2csc(Cl)c2)C1. The van der Waals surface area contributed by atoms with Gasteiger partial charge in [-0.2, -0.15) is 0 Å². The first-order valence-electron chi connectivity index (χ1n) is 5.20. The fourth-order valence-electron chi connectivity index (χ4n) is 2.11. The van der Waals surface area contributed by atoms with E-state index in [1.165, 1.54) is 24.9 Å². The monoisotopic (exact) mass is 229 g/mol. The number of rotatable bonds is 2. The fraction of sp³-hybridized carbons (Fsp3) is 0.636. The van der Waals surface area contributed by atoms with Crippen LogP contribution in [0.2, 0.25) is 4.34 Å². The Morgan fingerprint density at radius 2 is 2.50 bits per heavy atom. The van der Waals surface area contributed by atoms with Gasteiger partial charge in [-0.25, -0.2) is 0 Å². The third-order valence-electron chi connectivity index (χ3n) is 2.86. The van der Waals surface area contributed by atoms with Gasteiger partial charge in [-0.1, -0.05) is 18.5 Å². The summed E-state index contributed by atoms with van der Waals surface area (Å²) in [5, 5.41) is 5.74. The summed E-state index contributed by atoms with van der Waals surface area (Å²) >= 11 is 7.54. The van der Waals surface area contributed by atoms with E-state index >= 15 is 0 Å². The summed E-state index contributed by atoms with van der Waals surface area (Å²) in [5.74, 6) is 0.871. The minimum Gasteiger partial charge on any atom is -0.314 e. The lowest BCUT2D eigenvalue weighted by Crippen LogP contribution is -2.38. The Hall–Kier alpha value is -0.0500. The van der Waals surface area contributed by atoms with Gasteiger partial charge in [0.15, 0.2) is 0 Å². The fourth-order valence-corrected chi connectivity index (χ4v) is 3.04. The standard InChI is InChI=1S/C11H16ClNS/c1-8-2-3-13-10(4-8)5-9-6-11(12)14-7-9/h6-8,10,13H,2-5H2,1H3. The zero-order valence-corrected chi connectivity index (χ0v) is 10.00. The van der Waals surface area contributed by atoms with Crippen LogP contribution in [0, 0.1) is 5.92 Å². The molecule has 1 saturated heterocycles. The second-order valence-electron chi connectivity index (χ2n) is 4.24. The molecule has 2 rings (SSSR count). The molecule has 2 unspecified atom stereocenters. The molecule has 1 aromatic rings. The summed E-state index contributed by atoms with van der Waals surface area (Å²) in [4.78, 5) is 0. The molecule has 0 spiro atoms. The van der Waals surface area contributed by atoms with Crippen LogP contribution in [0.3, 0.4) is 0 Å². The van der Waals surface area contributed by atoms with Crippen LogP contribution in [0.15, 0.2) is 11.4 Å². The van der Waals surface area contributed by atoms with Crippen molar-refractivity contribution in [2.75, 3.05) is 6.54 Å². The first kappa shape index (κ1) is 10.5. The average molecular weight is 230 g/mol. The lowest BCUT2D eigenvalue weighted by molar-refractivity contribution is 0.319. The highest BCUT2D eigenvalue weighted by Gasteiger charge is 2.18. The number of halogens is 1. The maximum atomic E-state index is 5.90. The van der Waals surface area contributed by atoms with Gasteiger partial charge in [0.05, 0.1) is 4.34 Å². The molecular formula is C11H16ClNS. The van der Waals surface area contributed by atoms with Crippen molar-refractivity contribution in [3.63, 3.8) is 0 Å². The van der Waals surface area contributed by atoms with E-state index in [0.717, 1.165) is 16.7 Å². The van der Waals surface area contributed by atoms with Gasteiger partial charge < -0.3 is 5.32 Å². The zero-order valence-electron chi connectivity index (χ0n) is 8.42. The Morgan fingerprint density at radius 3 is 3.14 bits per heavy atom. The highest BCUT2D eigenvalue weighted by atomic mass is 35.5. The minimum atomic E-state index is 0.657. The second kappa shape index (κ2) is 4.65. The molecule has 2 atom stereocenters. The predicted molar refractivity (Wildman–Crippen MR) is 63.2 cm³/mol. The second-order valence-corrected chi connectivity index (χ2v) is 5.79. The van der Waals surface area contributed by atoms with E-state index in [-0.39, 0.29) is 0 Å². The maximum absolute atomic E-state index is 5.90. The van der Waals surface area contributed by atoms with Crippen molar-refractivity contribution in [1.29, 1.82) is 0 Å². The van der Waals surface area contributed by atoms with E-state index in [0.29, 0.717) is 6.04 Å². The highest BCUT2D eigenvalue weighted by Crippen LogP contribution is 2.23. The predicted octanol–water partition coefficient (Wildman–Crippen LogP) is 3.33. The van der Waals surface area contributed by atoms with E-state index in [2.05, 4.69) is 23.7 Å². The molecule has 78 valence electrons. The van der Waals surface area contributed by atoms with Gasteiger partial charge >= 0.3 is 0 Å². The normalized spacial score (nSPS) is 27.9. The van der Waals surface area contributed by atoms with E-state index < -0.39 is 0 Å². The summed E-state index contributed by atoms with van der Waals surface area (Å²) in [6, 6.07) is 2.75. The van der Waals surface area contributed by atoms with Gasteiger partial charge in [-0.05, 0) is 48.7 Å². The molecule has 1 nitrogen and oxygen atoms in total. The molecular weight excluding hydrogens is 214 g/mol. The number of thiophene rings is 1. The van der Waals surface area contributed by atoms with Crippen molar-refractivity contribution in [3.05, 3.63) is 21.3 Å². The van der Waals surface area contributed by atoms with Crippen LogP contribution in [0.4, 0.5) is 0 Å².